The van der Waals surface area contributed by atoms with Crippen molar-refractivity contribution in [2.75, 3.05) is 5.75 Å². The predicted molar refractivity (Wildman–Crippen MR) is 90.9 cm³/mol. The molecule has 106 valence electrons. The van der Waals surface area contributed by atoms with Gasteiger partial charge < -0.3 is 5.73 Å². The monoisotopic (exact) mass is 335 g/mol. The Morgan fingerprint density at radius 2 is 2.05 bits per heavy atom. The second-order valence-corrected chi connectivity index (χ2v) is 8.90. The van der Waals surface area contributed by atoms with Crippen LogP contribution in [0.1, 0.15) is 19.4 Å². The summed E-state index contributed by atoms with van der Waals surface area (Å²) in [5, 5.41) is 3.27. The van der Waals surface area contributed by atoms with E-state index >= 15 is 0 Å². The molecule has 5 heteroatoms. The van der Waals surface area contributed by atoms with Gasteiger partial charge in [-0.1, -0.05) is 43.1 Å². The number of nitrogens with two attached hydrogens (primary N) is 1. The van der Waals surface area contributed by atoms with Gasteiger partial charge in [0.15, 0.2) is 0 Å². The van der Waals surface area contributed by atoms with Crippen LogP contribution in [0, 0.1) is 0 Å². The second-order valence-electron chi connectivity index (χ2n) is 5.02. The molecule has 0 aromatic heterocycles. The van der Waals surface area contributed by atoms with Gasteiger partial charge in [-0.2, -0.15) is 23.5 Å². The topological polar surface area (TPSA) is 26.0 Å². The first-order valence-corrected chi connectivity index (χ1v) is 9.18. The Kier molecular flexibility index (Phi) is 5.79. The van der Waals surface area contributed by atoms with Crippen LogP contribution in [0.15, 0.2) is 18.2 Å². The molecular formula is C14H19Cl2NS2. The van der Waals surface area contributed by atoms with Gasteiger partial charge in [0.2, 0.25) is 0 Å². The molecule has 0 bridgehead atoms. The smallest absolute Gasteiger partial charge is 0.0453 e. The summed E-state index contributed by atoms with van der Waals surface area (Å²) in [7, 11) is 0. The van der Waals surface area contributed by atoms with E-state index in [4.69, 9.17) is 28.9 Å². The molecule has 4 unspecified atom stereocenters. The number of rotatable bonds is 3. The van der Waals surface area contributed by atoms with Crippen molar-refractivity contribution in [2.24, 2.45) is 5.73 Å². The van der Waals surface area contributed by atoms with Crippen molar-refractivity contribution in [3.63, 3.8) is 0 Å². The number of hydrogen-bond acceptors (Lipinski definition) is 3. The lowest BCUT2D eigenvalue weighted by molar-refractivity contribution is 0.657. The van der Waals surface area contributed by atoms with Crippen molar-refractivity contribution in [1.29, 1.82) is 0 Å². The number of hydrogen-bond donors (Lipinski definition) is 1. The normalized spacial score (nSPS) is 29.2. The third kappa shape index (κ3) is 4.21. The van der Waals surface area contributed by atoms with Gasteiger partial charge in [-0.3, -0.25) is 0 Å². The maximum Gasteiger partial charge on any atom is 0.0453 e. The van der Waals surface area contributed by atoms with E-state index in [0.717, 1.165) is 22.8 Å². The molecule has 1 aromatic rings. The highest BCUT2D eigenvalue weighted by molar-refractivity contribution is 8.07. The highest BCUT2D eigenvalue weighted by Gasteiger charge is 2.29. The van der Waals surface area contributed by atoms with Crippen molar-refractivity contribution in [3.05, 3.63) is 33.8 Å². The standard InChI is InChI=1S/C14H19Cl2NS2/c1-8-9(2)19-14(7-18-8)13(17)5-10-3-4-11(15)6-12(10)16/h3-4,6,8-9,13-14H,5,7,17H2,1-2H3. The SMILES string of the molecule is CC1SCC(C(N)Cc2ccc(Cl)cc2Cl)SC1C. The summed E-state index contributed by atoms with van der Waals surface area (Å²) in [6.07, 6.45) is 0.815. The lowest BCUT2D eigenvalue weighted by atomic mass is 10.0. The van der Waals surface area contributed by atoms with E-state index in [9.17, 15) is 0 Å². The zero-order valence-corrected chi connectivity index (χ0v) is 14.3. The molecule has 0 radical (unpaired) electrons. The van der Waals surface area contributed by atoms with E-state index in [2.05, 4.69) is 13.8 Å². The van der Waals surface area contributed by atoms with E-state index in [-0.39, 0.29) is 6.04 Å². The van der Waals surface area contributed by atoms with E-state index in [1.54, 1.807) is 6.07 Å². The van der Waals surface area contributed by atoms with Crippen LogP contribution < -0.4 is 5.73 Å². The molecule has 1 nitrogen and oxygen atoms in total. The molecule has 1 heterocycles. The summed E-state index contributed by atoms with van der Waals surface area (Å²) in [5.74, 6) is 1.13. The van der Waals surface area contributed by atoms with Gasteiger partial charge in [0.25, 0.3) is 0 Å². The molecule has 2 N–H and O–H groups in total. The molecule has 4 atom stereocenters. The largest absolute Gasteiger partial charge is 0.326 e. The molecule has 2 rings (SSSR count). The molecular weight excluding hydrogens is 317 g/mol. The first kappa shape index (κ1) is 15.8. The van der Waals surface area contributed by atoms with Gasteiger partial charge in [-0.15, -0.1) is 0 Å². The van der Waals surface area contributed by atoms with Crippen LogP contribution in [0.5, 0.6) is 0 Å². The Balaban J connectivity index is 1.99. The van der Waals surface area contributed by atoms with Gasteiger partial charge in [0.05, 0.1) is 0 Å². The van der Waals surface area contributed by atoms with Crippen molar-refractivity contribution < 1.29 is 0 Å². The molecule has 1 aliphatic heterocycles. The Labute approximate surface area is 134 Å². The van der Waals surface area contributed by atoms with Crippen LogP contribution >= 0.6 is 46.7 Å². The Hall–Kier alpha value is 0.460. The van der Waals surface area contributed by atoms with Crippen molar-refractivity contribution in [3.8, 4) is 0 Å². The third-order valence-electron chi connectivity index (χ3n) is 3.52. The fourth-order valence-corrected chi connectivity index (χ4v) is 5.65. The molecule has 0 amide bonds. The number of thioether (sulfide) groups is 2. The minimum Gasteiger partial charge on any atom is -0.326 e. The number of benzene rings is 1. The minimum atomic E-state index is 0.145. The van der Waals surface area contributed by atoms with Gasteiger partial charge in [0, 0.05) is 37.6 Å². The highest BCUT2D eigenvalue weighted by Crippen LogP contribution is 2.37. The van der Waals surface area contributed by atoms with Crippen LogP contribution in [0.25, 0.3) is 0 Å². The average molecular weight is 336 g/mol. The van der Waals surface area contributed by atoms with Crippen LogP contribution in [0.2, 0.25) is 10.0 Å². The fourth-order valence-electron chi connectivity index (χ4n) is 2.10. The second kappa shape index (κ2) is 6.95. The van der Waals surface area contributed by atoms with Gasteiger partial charge in [-0.25, -0.2) is 0 Å². The maximum atomic E-state index is 6.37. The lowest BCUT2D eigenvalue weighted by Gasteiger charge is -2.34. The summed E-state index contributed by atoms with van der Waals surface area (Å²) in [6.45, 7) is 4.58. The average Bonchev–Trinajstić information content (AvgIpc) is 2.36. The Bertz CT molecular complexity index is 441. The van der Waals surface area contributed by atoms with Gasteiger partial charge in [-0.05, 0) is 24.1 Å². The summed E-state index contributed by atoms with van der Waals surface area (Å²) >= 11 is 16.2. The summed E-state index contributed by atoms with van der Waals surface area (Å²) in [6, 6.07) is 5.80. The molecule has 1 saturated heterocycles. The van der Waals surface area contributed by atoms with Crippen LogP contribution in [-0.2, 0) is 6.42 Å². The van der Waals surface area contributed by atoms with Gasteiger partial charge >= 0.3 is 0 Å². The van der Waals surface area contributed by atoms with E-state index in [0.29, 0.717) is 20.8 Å². The van der Waals surface area contributed by atoms with Crippen LogP contribution in [0.4, 0.5) is 0 Å². The van der Waals surface area contributed by atoms with E-state index < -0.39 is 0 Å². The zero-order chi connectivity index (χ0) is 14.0. The summed E-state index contributed by atoms with van der Waals surface area (Å²) < 4.78 is 0. The van der Waals surface area contributed by atoms with Crippen LogP contribution in [0.3, 0.4) is 0 Å². The molecule has 0 saturated carbocycles. The molecule has 1 fully saturated rings. The van der Waals surface area contributed by atoms with Gasteiger partial charge in [0.1, 0.15) is 0 Å². The van der Waals surface area contributed by atoms with E-state index in [1.807, 2.05) is 35.7 Å². The minimum absolute atomic E-state index is 0.145. The molecule has 1 aliphatic rings. The predicted octanol–water partition coefficient (Wildman–Crippen LogP) is 4.49. The number of halogens is 2. The fraction of sp³-hybridized carbons (Fsp3) is 0.571. The lowest BCUT2D eigenvalue weighted by Crippen LogP contribution is -2.41. The first-order valence-electron chi connectivity index (χ1n) is 6.44. The van der Waals surface area contributed by atoms with E-state index in [1.165, 1.54) is 0 Å². The molecule has 1 aromatic carbocycles. The quantitative estimate of drug-likeness (QED) is 0.881. The summed E-state index contributed by atoms with van der Waals surface area (Å²) in [5.41, 5.74) is 7.46. The summed E-state index contributed by atoms with van der Waals surface area (Å²) in [4.78, 5) is 0. The van der Waals surface area contributed by atoms with Crippen molar-refractivity contribution in [1.82, 2.24) is 0 Å². The van der Waals surface area contributed by atoms with Crippen LogP contribution in [-0.4, -0.2) is 27.5 Å². The molecule has 0 aliphatic carbocycles. The Morgan fingerprint density at radius 1 is 1.32 bits per heavy atom. The van der Waals surface area contributed by atoms with Crippen molar-refractivity contribution >= 4 is 46.7 Å². The molecule has 19 heavy (non-hydrogen) atoms. The zero-order valence-electron chi connectivity index (χ0n) is 11.1. The molecule has 0 spiro atoms. The maximum absolute atomic E-state index is 6.37. The first-order chi connectivity index (χ1) is 8.97. The Morgan fingerprint density at radius 3 is 2.68 bits per heavy atom. The third-order valence-corrected chi connectivity index (χ3v) is 7.68. The highest BCUT2D eigenvalue weighted by atomic mass is 35.5. The van der Waals surface area contributed by atoms with Crippen molar-refractivity contribution in [2.45, 2.75) is 42.1 Å².